The standard InChI is InChI=1S/C25H27ClN6O3S/c1-15(10-22-27-6-9-36-22)29-21(33)14-32-13-17-3-2-16(11-19(17)24(32)34)23-20(26)12-28-25(31-23)30-18-4-7-35-8-5-18/h2-3,6,9,11-12,15,18H,4-5,7-8,10,13-14H2,1H3,(H,29,33)(H,28,30,31). The van der Waals surface area contributed by atoms with Gasteiger partial charge < -0.3 is 20.3 Å². The Morgan fingerprint density at radius 1 is 1.31 bits per heavy atom. The zero-order valence-electron chi connectivity index (χ0n) is 19.9. The summed E-state index contributed by atoms with van der Waals surface area (Å²) in [7, 11) is 0. The highest BCUT2D eigenvalue weighted by molar-refractivity contribution is 7.09. The Morgan fingerprint density at radius 3 is 2.92 bits per heavy atom. The van der Waals surface area contributed by atoms with Crippen molar-refractivity contribution in [2.75, 3.05) is 25.1 Å². The third-order valence-corrected chi connectivity index (χ3v) is 7.35. The first kappa shape index (κ1) is 24.6. The normalized spacial score (nSPS) is 16.6. The number of amides is 2. The Bertz CT molecular complexity index is 1250. The molecule has 0 saturated carbocycles. The smallest absolute Gasteiger partial charge is 0.254 e. The van der Waals surface area contributed by atoms with Gasteiger partial charge in [-0.2, -0.15) is 0 Å². The fourth-order valence-corrected chi connectivity index (χ4v) is 5.41. The molecule has 2 amide bonds. The molecule has 188 valence electrons. The van der Waals surface area contributed by atoms with Gasteiger partial charge in [0.15, 0.2) is 0 Å². The number of rotatable bonds is 8. The second kappa shape index (κ2) is 10.9. The van der Waals surface area contributed by atoms with Crippen LogP contribution in [0.5, 0.6) is 0 Å². The molecule has 1 unspecified atom stereocenters. The van der Waals surface area contributed by atoms with Crippen LogP contribution in [0.15, 0.2) is 36.0 Å². The summed E-state index contributed by atoms with van der Waals surface area (Å²) >= 11 is 7.99. The number of nitrogens with one attached hydrogen (secondary N) is 2. The molecule has 0 aliphatic carbocycles. The van der Waals surface area contributed by atoms with Crippen LogP contribution in [-0.4, -0.2) is 63.5 Å². The summed E-state index contributed by atoms with van der Waals surface area (Å²) in [4.78, 5) is 40.5. The molecule has 11 heteroatoms. The van der Waals surface area contributed by atoms with E-state index in [9.17, 15) is 9.59 Å². The molecule has 1 saturated heterocycles. The minimum Gasteiger partial charge on any atom is -0.381 e. The van der Waals surface area contributed by atoms with E-state index in [1.165, 1.54) is 0 Å². The largest absolute Gasteiger partial charge is 0.381 e. The molecule has 1 fully saturated rings. The number of nitrogens with zero attached hydrogens (tertiary/aromatic N) is 4. The average molecular weight is 527 g/mol. The molecule has 36 heavy (non-hydrogen) atoms. The van der Waals surface area contributed by atoms with Crippen molar-refractivity contribution in [3.63, 3.8) is 0 Å². The van der Waals surface area contributed by atoms with Gasteiger partial charge in [-0.25, -0.2) is 15.0 Å². The summed E-state index contributed by atoms with van der Waals surface area (Å²) in [5, 5.41) is 9.60. The lowest BCUT2D eigenvalue weighted by molar-refractivity contribution is -0.122. The molecule has 1 aromatic carbocycles. The van der Waals surface area contributed by atoms with Crippen LogP contribution < -0.4 is 10.6 Å². The fourth-order valence-electron chi connectivity index (χ4n) is 4.46. The van der Waals surface area contributed by atoms with E-state index in [0.29, 0.717) is 48.4 Å². The number of halogens is 1. The van der Waals surface area contributed by atoms with Gasteiger partial charge in [0.2, 0.25) is 11.9 Å². The van der Waals surface area contributed by atoms with E-state index in [2.05, 4.69) is 25.6 Å². The van der Waals surface area contributed by atoms with Gasteiger partial charge in [-0.1, -0.05) is 23.7 Å². The maximum absolute atomic E-state index is 13.1. The van der Waals surface area contributed by atoms with E-state index >= 15 is 0 Å². The van der Waals surface area contributed by atoms with Crippen LogP contribution in [0.3, 0.4) is 0 Å². The number of hydrogen-bond acceptors (Lipinski definition) is 8. The molecule has 1 atom stereocenters. The number of aromatic nitrogens is 3. The highest BCUT2D eigenvalue weighted by atomic mass is 35.5. The summed E-state index contributed by atoms with van der Waals surface area (Å²) in [5.74, 6) is 0.127. The van der Waals surface area contributed by atoms with Crippen LogP contribution in [-0.2, 0) is 22.5 Å². The Labute approximate surface area is 218 Å². The molecule has 5 rings (SSSR count). The SMILES string of the molecule is CC(Cc1nccs1)NC(=O)CN1Cc2ccc(-c3nc(NC4CCOCC4)ncc3Cl)cc2C1=O. The number of benzene rings is 1. The number of anilines is 1. The van der Waals surface area contributed by atoms with Gasteiger partial charge in [0.05, 0.1) is 21.9 Å². The first-order valence-electron chi connectivity index (χ1n) is 11.9. The molecule has 3 aromatic rings. The van der Waals surface area contributed by atoms with Gasteiger partial charge in [-0.3, -0.25) is 9.59 Å². The lowest BCUT2D eigenvalue weighted by atomic mass is 10.0. The van der Waals surface area contributed by atoms with Gasteiger partial charge in [0.1, 0.15) is 6.54 Å². The minimum absolute atomic E-state index is 0.00150. The van der Waals surface area contributed by atoms with Crippen molar-refractivity contribution in [1.29, 1.82) is 0 Å². The molecule has 0 spiro atoms. The number of ether oxygens (including phenoxy) is 1. The third-order valence-electron chi connectivity index (χ3n) is 6.27. The number of thiazole rings is 1. The van der Waals surface area contributed by atoms with Gasteiger partial charge >= 0.3 is 0 Å². The zero-order chi connectivity index (χ0) is 25.1. The quantitative estimate of drug-likeness (QED) is 0.462. The van der Waals surface area contributed by atoms with Crippen LogP contribution in [0.1, 0.15) is 40.7 Å². The highest BCUT2D eigenvalue weighted by Crippen LogP contribution is 2.31. The van der Waals surface area contributed by atoms with Crippen molar-refractivity contribution in [3.05, 3.63) is 57.1 Å². The fraction of sp³-hybridized carbons (Fsp3) is 0.400. The molecule has 2 aliphatic heterocycles. The molecular weight excluding hydrogens is 500 g/mol. The van der Waals surface area contributed by atoms with Crippen molar-refractivity contribution in [2.45, 2.75) is 44.8 Å². The summed E-state index contributed by atoms with van der Waals surface area (Å²) < 4.78 is 5.41. The molecule has 2 N–H and O–H groups in total. The summed E-state index contributed by atoms with van der Waals surface area (Å²) in [6.07, 6.45) is 5.76. The summed E-state index contributed by atoms with van der Waals surface area (Å²) in [5.41, 5.74) is 2.72. The predicted octanol–water partition coefficient (Wildman–Crippen LogP) is 3.55. The van der Waals surface area contributed by atoms with Gasteiger partial charge in [0.25, 0.3) is 5.91 Å². The molecular formula is C25H27ClN6O3S. The van der Waals surface area contributed by atoms with E-state index in [4.69, 9.17) is 16.3 Å². The van der Waals surface area contributed by atoms with Gasteiger partial charge in [-0.05, 0) is 31.4 Å². The van der Waals surface area contributed by atoms with Crippen LogP contribution >= 0.6 is 22.9 Å². The monoisotopic (exact) mass is 526 g/mol. The van der Waals surface area contributed by atoms with Gasteiger partial charge in [0, 0.05) is 61.0 Å². The van der Waals surface area contributed by atoms with Crippen molar-refractivity contribution in [3.8, 4) is 11.3 Å². The summed E-state index contributed by atoms with van der Waals surface area (Å²) in [6.45, 7) is 3.74. The second-order valence-electron chi connectivity index (χ2n) is 9.05. The molecule has 2 aliphatic rings. The van der Waals surface area contributed by atoms with E-state index in [1.807, 2.05) is 24.4 Å². The molecule has 4 heterocycles. The van der Waals surface area contributed by atoms with Crippen LogP contribution in [0.2, 0.25) is 5.02 Å². The van der Waals surface area contributed by atoms with Crippen molar-refractivity contribution in [2.24, 2.45) is 0 Å². The third kappa shape index (κ3) is 5.66. The summed E-state index contributed by atoms with van der Waals surface area (Å²) in [6, 6.07) is 5.78. The van der Waals surface area contributed by atoms with Gasteiger partial charge in [-0.15, -0.1) is 11.3 Å². The van der Waals surface area contributed by atoms with E-state index in [0.717, 1.165) is 29.0 Å². The molecule has 2 aromatic heterocycles. The second-order valence-corrected chi connectivity index (χ2v) is 10.4. The lowest BCUT2D eigenvalue weighted by Crippen LogP contribution is -2.41. The maximum Gasteiger partial charge on any atom is 0.254 e. The number of fused-ring (bicyclic) bond motifs is 1. The number of carbonyl (C=O) groups is 2. The van der Waals surface area contributed by atoms with E-state index < -0.39 is 0 Å². The Balaban J connectivity index is 1.25. The number of hydrogen-bond donors (Lipinski definition) is 2. The molecule has 0 bridgehead atoms. The lowest BCUT2D eigenvalue weighted by Gasteiger charge is -2.23. The zero-order valence-corrected chi connectivity index (χ0v) is 21.4. The van der Waals surface area contributed by atoms with Crippen molar-refractivity contribution < 1.29 is 14.3 Å². The van der Waals surface area contributed by atoms with Crippen molar-refractivity contribution in [1.82, 2.24) is 25.2 Å². The van der Waals surface area contributed by atoms with E-state index in [-0.39, 0.29) is 30.4 Å². The Hall–Kier alpha value is -3.08. The van der Waals surface area contributed by atoms with Crippen LogP contribution in [0.4, 0.5) is 5.95 Å². The van der Waals surface area contributed by atoms with E-state index in [1.54, 1.807) is 34.7 Å². The Morgan fingerprint density at radius 2 is 2.14 bits per heavy atom. The maximum atomic E-state index is 13.1. The predicted molar refractivity (Wildman–Crippen MR) is 138 cm³/mol. The molecule has 9 nitrogen and oxygen atoms in total. The van der Waals surface area contributed by atoms with Crippen molar-refractivity contribution >= 4 is 40.7 Å². The minimum atomic E-state index is -0.192. The topological polar surface area (TPSA) is 109 Å². The first-order valence-corrected chi connectivity index (χ1v) is 13.2. The number of carbonyl (C=O) groups excluding carboxylic acids is 2. The molecule has 0 radical (unpaired) electrons. The highest BCUT2D eigenvalue weighted by Gasteiger charge is 2.30. The van der Waals surface area contributed by atoms with Crippen LogP contribution in [0.25, 0.3) is 11.3 Å². The Kier molecular flexibility index (Phi) is 7.45. The first-order chi connectivity index (χ1) is 17.5. The van der Waals surface area contributed by atoms with Crippen LogP contribution in [0, 0.1) is 0 Å². The average Bonchev–Trinajstić information content (AvgIpc) is 3.48.